The summed E-state index contributed by atoms with van der Waals surface area (Å²) in [5.74, 6) is 0.939. The largest absolute Gasteiger partial charge is 0.310 e. The summed E-state index contributed by atoms with van der Waals surface area (Å²) in [6.07, 6.45) is 0.121. The van der Waals surface area contributed by atoms with Crippen LogP contribution in [0.1, 0.15) is 17.1 Å². The van der Waals surface area contributed by atoms with Gasteiger partial charge in [-0.2, -0.15) is 5.10 Å². The lowest BCUT2D eigenvalue weighted by atomic mass is 10.2. The molecule has 0 aliphatic heterocycles. The maximum absolute atomic E-state index is 12.3. The van der Waals surface area contributed by atoms with Crippen LogP contribution in [0.15, 0.2) is 48.5 Å². The zero-order valence-electron chi connectivity index (χ0n) is 13.2. The van der Waals surface area contributed by atoms with Crippen LogP contribution in [0, 0.1) is 11.7 Å². The Hall–Kier alpha value is -2.80. The molecule has 0 atom stereocenters. The van der Waals surface area contributed by atoms with Crippen LogP contribution < -0.4 is 5.32 Å². The Morgan fingerprint density at radius 2 is 2.00 bits per heavy atom. The van der Waals surface area contributed by atoms with Crippen molar-refractivity contribution >= 4 is 23.9 Å². The minimum atomic E-state index is -0.184. The predicted octanol–water partition coefficient (Wildman–Crippen LogP) is 2.87. The van der Waals surface area contributed by atoms with E-state index in [4.69, 9.17) is 12.2 Å². The summed E-state index contributed by atoms with van der Waals surface area (Å²) >= 11 is 5.27. The number of hydrogen-bond donors (Lipinski definition) is 2. The topological polar surface area (TPSA) is 75.6 Å². The molecule has 0 saturated heterocycles. The van der Waals surface area contributed by atoms with Crippen molar-refractivity contribution in [3.63, 3.8) is 0 Å². The van der Waals surface area contributed by atoms with E-state index in [1.165, 1.54) is 0 Å². The molecule has 0 bridgehead atoms. The van der Waals surface area contributed by atoms with E-state index in [2.05, 4.69) is 20.5 Å². The zero-order chi connectivity index (χ0) is 16.9. The van der Waals surface area contributed by atoms with Crippen LogP contribution >= 0.6 is 12.2 Å². The second kappa shape index (κ2) is 7.18. The molecule has 3 rings (SSSR count). The molecule has 0 fully saturated rings. The number of aromatic nitrogens is 4. The summed E-state index contributed by atoms with van der Waals surface area (Å²) < 4.78 is 2.32. The third kappa shape index (κ3) is 3.94. The molecule has 0 spiro atoms. The number of carbonyl (C=O) groups excluding carboxylic acids is 1. The van der Waals surface area contributed by atoms with E-state index in [-0.39, 0.29) is 12.3 Å². The Morgan fingerprint density at radius 3 is 2.75 bits per heavy atom. The molecule has 1 amide bonds. The summed E-state index contributed by atoms with van der Waals surface area (Å²) in [5, 5.41) is 9.71. The van der Waals surface area contributed by atoms with Crippen LogP contribution in [0.5, 0.6) is 0 Å². The lowest BCUT2D eigenvalue weighted by Crippen LogP contribution is -2.18. The zero-order valence-corrected chi connectivity index (χ0v) is 14.0. The number of nitrogens with zero attached hydrogens (tertiary/aromatic N) is 3. The van der Waals surface area contributed by atoms with Gasteiger partial charge in [-0.1, -0.05) is 36.4 Å². The number of benzene rings is 1. The lowest BCUT2D eigenvalue weighted by Gasteiger charge is -2.08. The molecular weight excluding hydrogens is 322 g/mol. The lowest BCUT2D eigenvalue weighted by molar-refractivity contribution is -0.115. The number of aryl methyl sites for hydroxylation is 1. The number of rotatable bonds is 5. The first kappa shape index (κ1) is 16.1. The SMILES string of the molecule is Cc1cccc(NC(=O)Cc2n[nH]c(=S)n2Cc2ccccc2)n1. The fourth-order valence-corrected chi connectivity index (χ4v) is 2.57. The first-order valence-electron chi connectivity index (χ1n) is 7.53. The van der Waals surface area contributed by atoms with E-state index >= 15 is 0 Å². The average molecular weight is 339 g/mol. The number of carbonyl (C=O) groups is 1. The van der Waals surface area contributed by atoms with Gasteiger partial charge in [0, 0.05) is 5.69 Å². The number of aromatic amines is 1. The van der Waals surface area contributed by atoms with E-state index in [1.807, 2.05) is 54.0 Å². The smallest absolute Gasteiger partial charge is 0.233 e. The van der Waals surface area contributed by atoms with Crippen molar-refractivity contribution in [3.8, 4) is 0 Å². The molecule has 0 aliphatic carbocycles. The molecular formula is C17H17N5OS. The molecule has 2 N–H and O–H groups in total. The Bertz CT molecular complexity index is 901. The van der Waals surface area contributed by atoms with Gasteiger partial charge in [0.05, 0.1) is 13.0 Å². The van der Waals surface area contributed by atoms with Gasteiger partial charge in [-0.15, -0.1) is 0 Å². The quantitative estimate of drug-likeness (QED) is 0.701. The van der Waals surface area contributed by atoms with Crippen LogP contribution in [0.25, 0.3) is 0 Å². The monoisotopic (exact) mass is 339 g/mol. The van der Waals surface area contributed by atoms with Crippen LogP contribution in [0.3, 0.4) is 0 Å². The Balaban J connectivity index is 1.73. The number of pyridine rings is 1. The van der Waals surface area contributed by atoms with Crippen LogP contribution in [0.2, 0.25) is 0 Å². The number of nitrogens with one attached hydrogen (secondary N) is 2. The molecule has 2 heterocycles. The van der Waals surface area contributed by atoms with Gasteiger partial charge in [0.15, 0.2) is 4.77 Å². The number of hydrogen-bond acceptors (Lipinski definition) is 4. The highest BCUT2D eigenvalue weighted by Gasteiger charge is 2.12. The Labute approximate surface area is 144 Å². The Kier molecular flexibility index (Phi) is 4.81. The third-order valence-electron chi connectivity index (χ3n) is 3.50. The average Bonchev–Trinajstić information content (AvgIpc) is 2.89. The number of amides is 1. The molecule has 1 aromatic carbocycles. The molecule has 0 saturated carbocycles. The van der Waals surface area contributed by atoms with Crippen LogP contribution in [-0.4, -0.2) is 25.7 Å². The molecule has 6 nitrogen and oxygen atoms in total. The molecule has 0 radical (unpaired) electrons. The summed E-state index contributed by atoms with van der Waals surface area (Å²) in [6.45, 7) is 2.45. The van der Waals surface area contributed by atoms with Crippen molar-refractivity contribution in [1.29, 1.82) is 0 Å². The van der Waals surface area contributed by atoms with Gasteiger partial charge in [-0.05, 0) is 36.8 Å². The normalized spacial score (nSPS) is 10.5. The van der Waals surface area contributed by atoms with Gasteiger partial charge >= 0.3 is 0 Å². The van der Waals surface area contributed by atoms with E-state index in [9.17, 15) is 4.79 Å². The summed E-state index contributed by atoms with van der Waals surface area (Å²) in [6, 6.07) is 15.4. The van der Waals surface area contributed by atoms with Crippen molar-refractivity contribution in [2.75, 3.05) is 5.32 Å². The highest BCUT2D eigenvalue weighted by molar-refractivity contribution is 7.71. The van der Waals surface area contributed by atoms with Crippen molar-refractivity contribution in [2.24, 2.45) is 0 Å². The van der Waals surface area contributed by atoms with Crippen LogP contribution in [0.4, 0.5) is 5.82 Å². The van der Waals surface area contributed by atoms with Gasteiger partial charge in [0.2, 0.25) is 5.91 Å². The molecule has 3 aromatic rings. The second-order valence-electron chi connectivity index (χ2n) is 5.41. The standard InChI is InChI=1S/C17H17N5OS/c1-12-6-5-9-14(18-12)19-16(23)10-15-20-21-17(24)22(15)11-13-7-3-2-4-8-13/h2-9H,10-11H2,1H3,(H,21,24)(H,18,19,23). The second-order valence-corrected chi connectivity index (χ2v) is 5.79. The van der Waals surface area contributed by atoms with Crippen LogP contribution in [-0.2, 0) is 17.8 Å². The molecule has 0 aliphatic rings. The van der Waals surface area contributed by atoms with Gasteiger partial charge in [0.1, 0.15) is 11.6 Å². The van der Waals surface area contributed by atoms with Gasteiger partial charge in [-0.25, -0.2) is 4.98 Å². The Morgan fingerprint density at radius 1 is 1.21 bits per heavy atom. The highest BCUT2D eigenvalue weighted by Crippen LogP contribution is 2.08. The van der Waals surface area contributed by atoms with Gasteiger partial charge in [-0.3, -0.25) is 14.5 Å². The summed E-state index contributed by atoms with van der Waals surface area (Å²) in [5.41, 5.74) is 1.94. The van der Waals surface area contributed by atoms with Crippen molar-refractivity contribution in [3.05, 3.63) is 70.4 Å². The highest BCUT2D eigenvalue weighted by atomic mass is 32.1. The third-order valence-corrected chi connectivity index (χ3v) is 3.81. The first-order chi connectivity index (χ1) is 11.6. The molecule has 24 heavy (non-hydrogen) atoms. The predicted molar refractivity (Wildman–Crippen MR) is 94.3 cm³/mol. The van der Waals surface area contributed by atoms with E-state index in [0.717, 1.165) is 11.3 Å². The fraction of sp³-hybridized carbons (Fsp3) is 0.176. The van der Waals surface area contributed by atoms with Crippen molar-refractivity contribution in [1.82, 2.24) is 19.7 Å². The van der Waals surface area contributed by atoms with Gasteiger partial charge < -0.3 is 5.32 Å². The number of H-pyrrole nitrogens is 1. The van der Waals surface area contributed by atoms with Crippen molar-refractivity contribution < 1.29 is 4.79 Å². The van der Waals surface area contributed by atoms with E-state index in [0.29, 0.717) is 23.0 Å². The van der Waals surface area contributed by atoms with E-state index in [1.54, 1.807) is 6.07 Å². The molecule has 122 valence electrons. The minimum Gasteiger partial charge on any atom is -0.310 e. The fourth-order valence-electron chi connectivity index (χ4n) is 2.36. The number of anilines is 1. The minimum absolute atomic E-state index is 0.121. The van der Waals surface area contributed by atoms with E-state index < -0.39 is 0 Å². The molecule has 0 unspecified atom stereocenters. The summed E-state index contributed by atoms with van der Waals surface area (Å²) in [4.78, 5) is 16.5. The molecule has 7 heteroatoms. The maximum Gasteiger partial charge on any atom is 0.233 e. The maximum atomic E-state index is 12.3. The summed E-state index contributed by atoms with van der Waals surface area (Å²) in [7, 11) is 0. The van der Waals surface area contributed by atoms with Crippen molar-refractivity contribution in [2.45, 2.75) is 19.9 Å². The first-order valence-corrected chi connectivity index (χ1v) is 7.94. The molecule has 2 aromatic heterocycles. The van der Waals surface area contributed by atoms with Gasteiger partial charge in [0.25, 0.3) is 0 Å².